The lowest BCUT2D eigenvalue weighted by Crippen LogP contribution is -2.46. The lowest BCUT2D eigenvalue weighted by atomic mass is 10.1. The van der Waals surface area contributed by atoms with Crippen molar-refractivity contribution < 1.29 is 13.3 Å². The van der Waals surface area contributed by atoms with Gasteiger partial charge in [-0.1, -0.05) is 38.1 Å². The highest BCUT2D eigenvalue weighted by Crippen LogP contribution is 2.32. The molecule has 168 valence electrons. The molecule has 1 saturated heterocycles. The van der Waals surface area contributed by atoms with Gasteiger partial charge in [0.15, 0.2) is 0 Å². The molecule has 0 unspecified atom stereocenters. The molecule has 1 aliphatic rings. The maximum absolute atomic E-state index is 12.8. The Morgan fingerprint density at radius 3 is 2.26 bits per heavy atom. The van der Waals surface area contributed by atoms with E-state index < -0.39 is 14.9 Å². The topological polar surface area (TPSA) is 87.0 Å². The predicted molar refractivity (Wildman–Crippen MR) is 122 cm³/mol. The highest BCUT2D eigenvalue weighted by Gasteiger charge is 2.28. The summed E-state index contributed by atoms with van der Waals surface area (Å²) in [5.74, 6) is 0. The Labute approximate surface area is 184 Å². The van der Waals surface area contributed by atoms with Gasteiger partial charge in [0.25, 0.3) is 5.69 Å². The predicted octanol–water partition coefficient (Wildman–Crippen LogP) is 3.26. The zero-order chi connectivity index (χ0) is 22.6. The largest absolute Gasteiger partial charge is 0.363 e. The first-order chi connectivity index (χ1) is 14.8. The van der Waals surface area contributed by atoms with Gasteiger partial charge in [-0.3, -0.25) is 15.0 Å². The molecule has 0 atom stereocenters. The molecule has 0 aliphatic carbocycles. The smallest absolute Gasteiger partial charge is 0.293 e. The average Bonchev–Trinajstić information content (AvgIpc) is 2.76. The Morgan fingerprint density at radius 2 is 1.68 bits per heavy atom. The highest BCUT2D eigenvalue weighted by molar-refractivity contribution is 7.89. The molecule has 0 N–H and O–H groups in total. The molecule has 0 aromatic heterocycles. The van der Waals surface area contributed by atoms with Gasteiger partial charge < -0.3 is 4.90 Å². The fourth-order valence-electron chi connectivity index (χ4n) is 3.97. The maximum atomic E-state index is 12.8. The number of hydrogen-bond donors (Lipinski definition) is 0. The molecular formula is C22H30N4O4S. The van der Waals surface area contributed by atoms with Crippen LogP contribution in [0.4, 0.5) is 11.4 Å². The molecule has 0 bridgehead atoms. The summed E-state index contributed by atoms with van der Waals surface area (Å²) in [5.41, 5.74) is 2.85. The fraction of sp³-hybridized carbons (Fsp3) is 0.455. The summed E-state index contributed by atoms with van der Waals surface area (Å²) in [6.07, 6.45) is 0. The first-order valence-electron chi connectivity index (χ1n) is 10.6. The van der Waals surface area contributed by atoms with Gasteiger partial charge >= 0.3 is 0 Å². The van der Waals surface area contributed by atoms with Gasteiger partial charge in [0.1, 0.15) is 5.69 Å². The van der Waals surface area contributed by atoms with Crippen molar-refractivity contribution in [1.29, 1.82) is 0 Å². The number of sulfonamides is 1. The number of nitrogens with zero attached hydrogens (tertiary/aromatic N) is 4. The second kappa shape index (κ2) is 9.76. The zero-order valence-corrected chi connectivity index (χ0v) is 19.1. The van der Waals surface area contributed by atoms with Crippen LogP contribution < -0.4 is 4.90 Å². The van der Waals surface area contributed by atoms with Crippen LogP contribution in [0.25, 0.3) is 0 Å². The minimum atomic E-state index is -3.75. The molecule has 2 aromatic carbocycles. The molecule has 2 aromatic rings. The lowest BCUT2D eigenvalue weighted by molar-refractivity contribution is -0.384. The molecule has 0 saturated carbocycles. The number of aryl methyl sites for hydroxylation is 1. The van der Waals surface area contributed by atoms with Crippen LogP contribution in [0.5, 0.6) is 0 Å². The summed E-state index contributed by atoms with van der Waals surface area (Å²) in [6, 6.07) is 12.5. The van der Waals surface area contributed by atoms with Crippen molar-refractivity contribution >= 4 is 21.4 Å². The van der Waals surface area contributed by atoms with Gasteiger partial charge in [0.05, 0.1) is 9.82 Å². The van der Waals surface area contributed by atoms with E-state index in [1.54, 1.807) is 19.9 Å². The highest BCUT2D eigenvalue weighted by atomic mass is 32.2. The van der Waals surface area contributed by atoms with Crippen LogP contribution >= 0.6 is 0 Å². The van der Waals surface area contributed by atoms with Gasteiger partial charge in [-0.05, 0) is 30.2 Å². The summed E-state index contributed by atoms with van der Waals surface area (Å²) < 4.78 is 26.9. The Balaban J connectivity index is 1.77. The molecule has 9 heteroatoms. The third-order valence-electron chi connectivity index (χ3n) is 5.85. The van der Waals surface area contributed by atoms with Gasteiger partial charge in [-0.25, -0.2) is 8.42 Å². The number of anilines is 1. The lowest BCUT2D eigenvalue weighted by Gasteiger charge is -2.36. The number of rotatable bonds is 8. The zero-order valence-electron chi connectivity index (χ0n) is 18.3. The van der Waals surface area contributed by atoms with Crippen molar-refractivity contribution in [2.45, 2.75) is 32.2 Å². The van der Waals surface area contributed by atoms with Gasteiger partial charge in [0.2, 0.25) is 10.0 Å². The SMILES string of the molecule is CCN(CC)S(=O)(=O)c1ccc(N2CCN(Cc3ccccc3C)CC2)c([N+](=O)[O-])c1. The van der Waals surface area contributed by atoms with Crippen molar-refractivity contribution in [3.8, 4) is 0 Å². The van der Waals surface area contributed by atoms with E-state index in [9.17, 15) is 18.5 Å². The summed E-state index contributed by atoms with van der Waals surface area (Å²) >= 11 is 0. The first kappa shape index (κ1) is 23.2. The van der Waals surface area contributed by atoms with Crippen molar-refractivity contribution in [3.63, 3.8) is 0 Å². The quantitative estimate of drug-likeness (QED) is 0.457. The van der Waals surface area contributed by atoms with Crippen LogP contribution in [0, 0.1) is 17.0 Å². The molecule has 0 amide bonds. The maximum Gasteiger partial charge on any atom is 0.293 e. The van der Waals surface area contributed by atoms with Gasteiger partial charge in [-0.2, -0.15) is 4.31 Å². The summed E-state index contributed by atoms with van der Waals surface area (Å²) in [7, 11) is -3.75. The number of benzene rings is 2. The fourth-order valence-corrected chi connectivity index (χ4v) is 5.44. The molecule has 1 heterocycles. The normalized spacial score (nSPS) is 15.4. The molecule has 8 nitrogen and oxygen atoms in total. The van der Waals surface area contributed by atoms with Crippen molar-refractivity contribution in [1.82, 2.24) is 9.21 Å². The Kier molecular flexibility index (Phi) is 7.30. The third kappa shape index (κ3) is 5.06. The molecule has 0 spiro atoms. The van der Waals surface area contributed by atoms with Crippen molar-refractivity contribution in [2.75, 3.05) is 44.2 Å². The summed E-state index contributed by atoms with van der Waals surface area (Å²) in [4.78, 5) is 15.5. The van der Waals surface area contributed by atoms with Crippen LogP contribution in [0.2, 0.25) is 0 Å². The van der Waals surface area contributed by atoms with E-state index in [2.05, 4.69) is 24.0 Å². The molecule has 0 radical (unpaired) electrons. The molecular weight excluding hydrogens is 416 g/mol. The molecule has 1 fully saturated rings. The van der Waals surface area contributed by atoms with E-state index in [1.807, 2.05) is 17.0 Å². The van der Waals surface area contributed by atoms with E-state index in [-0.39, 0.29) is 10.6 Å². The Hall–Kier alpha value is -2.49. The van der Waals surface area contributed by atoms with Gasteiger partial charge in [0, 0.05) is 51.9 Å². The van der Waals surface area contributed by atoms with Crippen molar-refractivity contribution in [3.05, 3.63) is 63.7 Å². The van der Waals surface area contributed by atoms with Crippen LogP contribution in [0.3, 0.4) is 0 Å². The minimum Gasteiger partial charge on any atom is -0.363 e. The first-order valence-corrected chi connectivity index (χ1v) is 12.0. The monoisotopic (exact) mass is 446 g/mol. The van der Waals surface area contributed by atoms with E-state index in [0.717, 1.165) is 19.6 Å². The van der Waals surface area contributed by atoms with Crippen LogP contribution in [-0.2, 0) is 16.6 Å². The van der Waals surface area contributed by atoms with E-state index in [4.69, 9.17) is 0 Å². The molecule has 3 rings (SSSR count). The van der Waals surface area contributed by atoms with E-state index in [0.29, 0.717) is 31.9 Å². The van der Waals surface area contributed by atoms with Crippen LogP contribution in [-0.4, -0.2) is 61.8 Å². The molecule has 1 aliphatic heterocycles. The second-order valence-electron chi connectivity index (χ2n) is 7.69. The Morgan fingerprint density at radius 1 is 1.03 bits per heavy atom. The number of nitro benzene ring substituents is 1. The van der Waals surface area contributed by atoms with Crippen LogP contribution in [0.15, 0.2) is 47.4 Å². The van der Waals surface area contributed by atoms with E-state index >= 15 is 0 Å². The Bertz CT molecular complexity index is 1030. The number of piperazine rings is 1. The van der Waals surface area contributed by atoms with E-state index in [1.165, 1.54) is 27.6 Å². The average molecular weight is 447 g/mol. The minimum absolute atomic E-state index is 0.0372. The van der Waals surface area contributed by atoms with Crippen LogP contribution in [0.1, 0.15) is 25.0 Å². The summed E-state index contributed by atoms with van der Waals surface area (Å²) in [5, 5.41) is 11.8. The molecule has 31 heavy (non-hydrogen) atoms. The number of hydrogen-bond acceptors (Lipinski definition) is 6. The van der Waals surface area contributed by atoms with Crippen molar-refractivity contribution in [2.24, 2.45) is 0 Å². The number of nitro groups is 1. The second-order valence-corrected chi connectivity index (χ2v) is 9.62. The summed E-state index contributed by atoms with van der Waals surface area (Å²) in [6.45, 7) is 9.95. The van der Waals surface area contributed by atoms with Gasteiger partial charge in [-0.15, -0.1) is 0 Å². The third-order valence-corrected chi connectivity index (χ3v) is 7.90. The standard InChI is InChI=1S/C22H30N4O4S/c1-4-25(5-2)31(29,30)20-10-11-21(22(16-20)26(27)28)24-14-12-23(13-15-24)17-19-9-7-6-8-18(19)3/h6-11,16H,4-5,12-15,17H2,1-3H3.